The van der Waals surface area contributed by atoms with Gasteiger partial charge in [0, 0.05) is 43.3 Å². The molecule has 0 bridgehead atoms. The summed E-state index contributed by atoms with van der Waals surface area (Å²) in [5.41, 5.74) is 2.25. The van der Waals surface area contributed by atoms with Crippen molar-refractivity contribution in [1.29, 1.82) is 0 Å². The predicted molar refractivity (Wildman–Crippen MR) is 129 cm³/mol. The minimum atomic E-state index is -0.562. The van der Waals surface area contributed by atoms with Gasteiger partial charge in [-0.25, -0.2) is 10.5 Å². The third-order valence-electron chi connectivity index (χ3n) is 5.93. The van der Waals surface area contributed by atoms with Gasteiger partial charge >= 0.3 is 0 Å². The molecule has 1 aliphatic rings. The zero-order valence-corrected chi connectivity index (χ0v) is 20.0. The topological polar surface area (TPSA) is 138 Å². The van der Waals surface area contributed by atoms with Gasteiger partial charge in [0.2, 0.25) is 11.9 Å². The molecule has 11 nitrogen and oxygen atoms in total. The van der Waals surface area contributed by atoms with Crippen LogP contribution < -0.4 is 25.6 Å². The number of nitrogens with zero attached hydrogens (tertiary/aromatic N) is 3. The van der Waals surface area contributed by atoms with E-state index in [1.54, 1.807) is 14.2 Å². The van der Waals surface area contributed by atoms with Gasteiger partial charge in [-0.15, -0.1) is 0 Å². The molecule has 186 valence electrons. The van der Waals surface area contributed by atoms with Gasteiger partial charge < -0.3 is 25.0 Å². The van der Waals surface area contributed by atoms with Crippen molar-refractivity contribution >= 4 is 34.4 Å². The van der Waals surface area contributed by atoms with Crippen LogP contribution in [-0.2, 0) is 9.59 Å². The fourth-order valence-electron chi connectivity index (χ4n) is 3.91. The van der Waals surface area contributed by atoms with Gasteiger partial charge in [0.15, 0.2) is 11.5 Å². The quantitative estimate of drug-likeness (QED) is 0.206. The van der Waals surface area contributed by atoms with E-state index >= 15 is 0 Å². The van der Waals surface area contributed by atoms with E-state index < -0.39 is 5.91 Å². The Morgan fingerprint density at radius 3 is 2.47 bits per heavy atom. The molecule has 2 aromatic rings. The zero-order chi connectivity index (χ0) is 24.5. The second-order valence-electron chi connectivity index (χ2n) is 8.45. The zero-order valence-electron chi connectivity index (χ0n) is 20.0. The summed E-state index contributed by atoms with van der Waals surface area (Å²) in [6.07, 6.45) is 3.03. The van der Waals surface area contributed by atoms with Crippen molar-refractivity contribution in [2.45, 2.75) is 44.6 Å². The molecule has 4 N–H and O–H groups in total. The highest BCUT2D eigenvalue weighted by Crippen LogP contribution is 2.35. The Bertz CT molecular complexity index is 993. The number of fused-ring (bicyclic) bond motifs is 1. The second-order valence-corrected chi connectivity index (χ2v) is 8.45. The first-order valence-electron chi connectivity index (χ1n) is 11.5. The Kier molecular flexibility index (Phi) is 9.23. The first kappa shape index (κ1) is 25.4. The summed E-state index contributed by atoms with van der Waals surface area (Å²) in [7, 11) is 5.31. The van der Waals surface area contributed by atoms with Crippen molar-refractivity contribution in [3.8, 4) is 11.5 Å². The molecule has 1 aliphatic heterocycles. The molecule has 0 spiro atoms. The van der Waals surface area contributed by atoms with Gasteiger partial charge in [0.25, 0.3) is 0 Å². The van der Waals surface area contributed by atoms with Gasteiger partial charge in [-0.05, 0) is 45.5 Å². The van der Waals surface area contributed by atoms with Crippen LogP contribution >= 0.6 is 0 Å². The third kappa shape index (κ3) is 6.91. The number of piperidine rings is 1. The molecule has 1 amide bonds. The molecule has 0 radical (unpaired) electrons. The summed E-state index contributed by atoms with van der Waals surface area (Å²) in [5.74, 6) is 1.79. The van der Waals surface area contributed by atoms with Crippen LogP contribution in [0.3, 0.4) is 0 Å². The number of benzene rings is 1. The molecule has 0 atom stereocenters. The van der Waals surface area contributed by atoms with Crippen molar-refractivity contribution in [3.05, 3.63) is 12.1 Å². The fourth-order valence-corrected chi connectivity index (χ4v) is 3.91. The molecule has 0 aliphatic carbocycles. The molecule has 0 unspecified atom stereocenters. The van der Waals surface area contributed by atoms with Gasteiger partial charge in [-0.3, -0.25) is 14.8 Å². The van der Waals surface area contributed by atoms with E-state index in [-0.39, 0.29) is 18.6 Å². The minimum absolute atomic E-state index is 0.0200. The van der Waals surface area contributed by atoms with Gasteiger partial charge in [0.05, 0.1) is 19.7 Å². The summed E-state index contributed by atoms with van der Waals surface area (Å²) in [6, 6.07) is 4.02. The largest absolute Gasteiger partial charge is 0.493 e. The van der Waals surface area contributed by atoms with Crippen LogP contribution in [0.1, 0.15) is 38.5 Å². The molecular weight excluding hydrogens is 440 g/mol. The van der Waals surface area contributed by atoms with E-state index in [1.807, 2.05) is 12.1 Å². The molecule has 11 heteroatoms. The molecule has 34 heavy (non-hydrogen) atoms. The summed E-state index contributed by atoms with van der Waals surface area (Å²) >= 11 is 0. The van der Waals surface area contributed by atoms with E-state index in [0.717, 1.165) is 42.7 Å². The smallest absolute Gasteiger partial charge is 0.243 e. The number of ketones is 1. The molecule has 1 saturated heterocycles. The monoisotopic (exact) mass is 474 g/mol. The number of hydroxylamine groups is 1. The molecular formula is C23H34N6O5. The van der Waals surface area contributed by atoms with Gasteiger partial charge in [0.1, 0.15) is 11.6 Å². The SMILES string of the molecule is COc1cc2nc(NCCCC(=O)CCC(=O)NO)nc(NC3CCN(C)CC3)c2cc1OC. The highest BCUT2D eigenvalue weighted by molar-refractivity contribution is 5.93. The maximum absolute atomic E-state index is 11.9. The van der Waals surface area contributed by atoms with Crippen molar-refractivity contribution < 1.29 is 24.3 Å². The molecule has 3 rings (SSSR count). The van der Waals surface area contributed by atoms with E-state index in [1.165, 1.54) is 5.48 Å². The molecule has 0 saturated carbocycles. The number of hydrogen-bond donors (Lipinski definition) is 4. The van der Waals surface area contributed by atoms with E-state index in [0.29, 0.717) is 42.9 Å². The lowest BCUT2D eigenvalue weighted by atomic mass is 10.1. The number of hydrogen-bond acceptors (Lipinski definition) is 10. The number of methoxy groups -OCH3 is 2. The van der Waals surface area contributed by atoms with Crippen LogP contribution in [0.4, 0.5) is 11.8 Å². The standard InChI is InChI=1S/C23H34N6O5/c1-29-11-8-15(9-12-29)25-22-17-13-19(33-2)20(34-3)14-18(17)26-23(27-22)24-10-4-5-16(30)6-7-21(31)28-32/h13-15,32H,4-12H2,1-3H3,(H,28,31)(H2,24,25,26,27). The van der Waals surface area contributed by atoms with Crippen molar-refractivity contribution in [2.75, 3.05) is 51.5 Å². The minimum Gasteiger partial charge on any atom is -0.493 e. The van der Waals surface area contributed by atoms with Crippen molar-refractivity contribution in [2.24, 2.45) is 0 Å². The number of Topliss-reactive ketones (excluding diaryl/α,β-unsaturated/α-hetero) is 1. The molecule has 2 heterocycles. The number of nitrogens with one attached hydrogen (secondary N) is 3. The van der Waals surface area contributed by atoms with E-state index in [2.05, 4.69) is 27.6 Å². The van der Waals surface area contributed by atoms with Gasteiger partial charge in [-0.1, -0.05) is 0 Å². The number of amides is 1. The summed E-state index contributed by atoms with van der Waals surface area (Å²) in [4.78, 5) is 34.6. The number of ether oxygens (including phenoxy) is 2. The lowest BCUT2D eigenvalue weighted by molar-refractivity contribution is -0.131. The number of aromatic nitrogens is 2. The predicted octanol–water partition coefficient (Wildman–Crippen LogP) is 2.20. The Hall–Kier alpha value is -3.18. The number of anilines is 2. The Labute approximate surface area is 199 Å². The van der Waals surface area contributed by atoms with Gasteiger partial charge in [-0.2, -0.15) is 4.98 Å². The maximum Gasteiger partial charge on any atom is 0.243 e. The average molecular weight is 475 g/mol. The Morgan fingerprint density at radius 1 is 1.09 bits per heavy atom. The second kappa shape index (κ2) is 12.3. The van der Waals surface area contributed by atoms with Crippen LogP contribution in [0.5, 0.6) is 11.5 Å². The number of likely N-dealkylation sites (tertiary alicyclic amines) is 1. The highest BCUT2D eigenvalue weighted by Gasteiger charge is 2.20. The molecule has 1 aromatic carbocycles. The van der Waals surface area contributed by atoms with Crippen LogP contribution in [0.2, 0.25) is 0 Å². The first-order chi connectivity index (χ1) is 16.4. The third-order valence-corrected chi connectivity index (χ3v) is 5.93. The van der Waals surface area contributed by atoms with Crippen LogP contribution in [0.25, 0.3) is 10.9 Å². The average Bonchev–Trinajstić information content (AvgIpc) is 2.85. The van der Waals surface area contributed by atoms with Crippen LogP contribution in [-0.4, -0.2) is 78.7 Å². The summed E-state index contributed by atoms with van der Waals surface area (Å²) in [5, 5.41) is 16.1. The van der Waals surface area contributed by atoms with E-state index in [4.69, 9.17) is 19.7 Å². The van der Waals surface area contributed by atoms with E-state index in [9.17, 15) is 9.59 Å². The lowest BCUT2D eigenvalue weighted by Gasteiger charge is -2.30. The lowest BCUT2D eigenvalue weighted by Crippen LogP contribution is -2.37. The van der Waals surface area contributed by atoms with Crippen molar-refractivity contribution in [3.63, 3.8) is 0 Å². The number of rotatable bonds is 12. The summed E-state index contributed by atoms with van der Waals surface area (Å²) < 4.78 is 10.9. The van der Waals surface area contributed by atoms with Crippen molar-refractivity contribution in [1.82, 2.24) is 20.3 Å². The Morgan fingerprint density at radius 2 is 1.79 bits per heavy atom. The van der Waals surface area contributed by atoms with Crippen LogP contribution in [0.15, 0.2) is 12.1 Å². The first-order valence-corrected chi connectivity index (χ1v) is 11.5. The Balaban J connectivity index is 1.72. The normalized spacial score (nSPS) is 14.6. The molecule has 1 fully saturated rings. The highest BCUT2D eigenvalue weighted by atomic mass is 16.5. The maximum atomic E-state index is 11.9. The number of carbonyl (C=O) groups is 2. The summed E-state index contributed by atoms with van der Waals surface area (Å²) in [6.45, 7) is 2.55. The fraction of sp³-hybridized carbons (Fsp3) is 0.565. The van der Waals surface area contributed by atoms with Crippen LogP contribution in [0, 0.1) is 0 Å². The number of carbonyl (C=O) groups excluding carboxylic acids is 2. The molecule has 1 aromatic heterocycles.